The summed E-state index contributed by atoms with van der Waals surface area (Å²) in [6.07, 6.45) is -0.862. The third-order valence-corrected chi connectivity index (χ3v) is 3.88. The number of fused-ring (bicyclic) bond motifs is 1. The van der Waals surface area contributed by atoms with Gasteiger partial charge in [0.15, 0.2) is 5.65 Å². The summed E-state index contributed by atoms with van der Waals surface area (Å²) in [5.41, 5.74) is 1.73. The van der Waals surface area contributed by atoms with Crippen molar-refractivity contribution in [3.05, 3.63) is 29.7 Å². The van der Waals surface area contributed by atoms with E-state index in [-0.39, 0.29) is 19.4 Å². The van der Waals surface area contributed by atoms with Crippen molar-refractivity contribution in [1.82, 2.24) is 25.2 Å². The minimum absolute atomic E-state index is 0.163. The van der Waals surface area contributed by atoms with Crippen molar-refractivity contribution in [2.45, 2.75) is 31.6 Å². The van der Waals surface area contributed by atoms with Crippen LogP contribution in [-0.2, 0) is 22.6 Å². The van der Waals surface area contributed by atoms with E-state index < -0.39 is 24.0 Å². The highest BCUT2D eigenvalue weighted by Gasteiger charge is 2.47. The molecule has 0 radical (unpaired) electrons. The second-order valence-electron chi connectivity index (χ2n) is 5.64. The average Bonchev–Trinajstić information content (AvgIpc) is 3.08. The number of aromatic nitrogens is 3. The fraction of sp³-hybridized carbons (Fsp3) is 0.429. The summed E-state index contributed by atoms with van der Waals surface area (Å²) in [6.45, 7) is 0.250. The maximum atomic E-state index is 12.7. The maximum absolute atomic E-state index is 12.7. The number of hydrogen-bond donors (Lipinski definition) is 2. The van der Waals surface area contributed by atoms with Crippen LogP contribution in [0.3, 0.4) is 0 Å². The normalized spacial score (nSPS) is 21.0. The Kier molecular flexibility index (Phi) is 4.12. The number of amides is 2. The molecule has 2 N–H and O–H groups in total. The molecule has 3 heterocycles. The summed E-state index contributed by atoms with van der Waals surface area (Å²) < 4.78 is 39.6. The second-order valence-corrected chi connectivity index (χ2v) is 5.64. The highest BCUT2D eigenvalue weighted by molar-refractivity contribution is 5.81. The van der Waals surface area contributed by atoms with Crippen LogP contribution < -0.4 is 10.6 Å². The second kappa shape index (κ2) is 6.10. The molecule has 0 bridgehead atoms. The highest BCUT2D eigenvalue weighted by Crippen LogP contribution is 2.31. The number of alkyl halides is 3. The molecule has 24 heavy (non-hydrogen) atoms. The summed E-state index contributed by atoms with van der Waals surface area (Å²) in [5.74, 6) is -1.34. The number of halogens is 3. The van der Waals surface area contributed by atoms with Crippen molar-refractivity contribution in [2.24, 2.45) is 5.92 Å². The number of imidazole rings is 1. The third kappa shape index (κ3) is 3.31. The van der Waals surface area contributed by atoms with E-state index in [9.17, 15) is 22.8 Å². The molecule has 2 unspecified atom stereocenters. The fourth-order valence-electron chi connectivity index (χ4n) is 2.72. The Morgan fingerprint density at radius 2 is 2.25 bits per heavy atom. The first-order valence-corrected chi connectivity index (χ1v) is 7.24. The summed E-state index contributed by atoms with van der Waals surface area (Å²) in [5, 5.41) is 8.59. The Labute approximate surface area is 134 Å². The minimum Gasteiger partial charge on any atom is -0.353 e. The van der Waals surface area contributed by atoms with E-state index in [1.54, 1.807) is 12.3 Å². The van der Waals surface area contributed by atoms with Gasteiger partial charge in [-0.05, 0) is 24.5 Å². The standard InChI is InChI=1S/C14H14F3N5O2/c15-14(16,17)11-3-9(13(24)21-11)1-8-2-12-20-10(5-18-7-23)6-22(12)19-4-8/h2,4,6-7,9,11H,1,3,5H2,(H,18,23)(H,21,24). The zero-order valence-electron chi connectivity index (χ0n) is 12.4. The molecule has 0 saturated carbocycles. The molecule has 0 aromatic carbocycles. The smallest absolute Gasteiger partial charge is 0.353 e. The molecular weight excluding hydrogens is 327 g/mol. The maximum Gasteiger partial charge on any atom is 0.408 e. The van der Waals surface area contributed by atoms with Crippen LogP contribution in [0.1, 0.15) is 17.7 Å². The molecule has 2 atom stereocenters. The molecule has 128 valence electrons. The van der Waals surface area contributed by atoms with E-state index in [0.29, 0.717) is 23.3 Å². The lowest BCUT2D eigenvalue weighted by molar-refractivity contribution is -0.154. The van der Waals surface area contributed by atoms with Crippen molar-refractivity contribution in [3.8, 4) is 0 Å². The van der Waals surface area contributed by atoms with Crippen molar-refractivity contribution < 1.29 is 22.8 Å². The van der Waals surface area contributed by atoms with E-state index in [1.807, 2.05) is 5.32 Å². The lowest BCUT2D eigenvalue weighted by Crippen LogP contribution is -2.38. The van der Waals surface area contributed by atoms with E-state index in [0.717, 1.165) is 0 Å². The van der Waals surface area contributed by atoms with Crippen molar-refractivity contribution >= 4 is 18.0 Å². The molecule has 3 rings (SSSR count). The number of nitrogens with one attached hydrogen (secondary N) is 2. The first-order chi connectivity index (χ1) is 11.4. The van der Waals surface area contributed by atoms with E-state index >= 15 is 0 Å². The van der Waals surface area contributed by atoms with Gasteiger partial charge in [-0.1, -0.05) is 0 Å². The zero-order chi connectivity index (χ0) is 17.3. The van der Waals surface area contributed by atoms with Gasteiger partial charge in [0, 0.05) is 5.92 Å². The monoisotopic (exact) mass is 341 g/mol. The number of rotatable bonds is 5. The third-order valence-electron chi connectivity index (χ3n) is 3.88. The van der Waals surface area contributed by atoms with Crippen molar-refractivity contribution in [1.29, 1.82) is 0 Å². The molecule has 1 aliphatic heterocycles. The van der Waals surface area contributed by atoms with Gasteiger partial charge in [-0.2, -0.15) is 18.3 Å². The summed E-state index contributed by atoms with van der Waals surface area (Å²) in [4.78, 5) is 26.3. The molecular formula is C14H14F3N5O2. The SMILES string of the molecule is O=CNCc1cn2ncc(CC3CC(C(F)(F)F)NC3=O)cc2n1. The lowest BCUT2D eigenvalue weighted by atomic mass is 9.97. The minimum atomic E-state index is -4.43. The summed E-state index contributed by atoms with van der Waals surface area (Å²) >= 11 is 0. The lowest BCUT2D eigenvalue weighted by Gasteiger charge is -2.13. The van der Waals surface area contributed by atoms with Gasteiger partial charge in [-0.15, -0.1) is 0 Å². The van der Waals surface area contributed by atoms with Crippen LogP contribution in [0.25, 0.3) is 5.65 Å². The first kappa shape index (κ1) is 16.2. The van der Waals surface area contributed by atoms with Crippen LogP contribution in [0.5, 0.6) is 0 Å². The van der Waals surface area contributed by atoms with Crippen LogP contribution in [-0.4, -0.2) is 39.1 Å². The predicted octanol–water partition coefficient (Wildman–Crippen LogP) is 0.585. The largest absolute Gasteiger partial charge is 0.408 e. The highest BCUT2D eigenvalue weighted by atomic mass is 19.4. The molecule has 10 heteroatoms. The molecule has 1 fully saturated rings. The topological polar surface area (TPSA) is 88.4 Å². The van der Waals surface area contributed by atoms with Crippen LogP contribution >= 0.6 is 0 Å². The van der Waals surface area contributed by atoms with Gasteiger partial charge < -0.3 is 10.6 Å². The molecule has 2 aromatic heterocycles. The van der Waals surface area contributed by atoms with Gasteiger partial charge in [0.25, 0.3) is 0 Å². The summed E-state index contributed by atoms with van der Waals surface area (Å²) in [7, 11) is 0. The average molecular weight is 341 g/mol. The first-order valence-electron chi connectivity index (χ1n) is 7.24. The fourth-order valence-corrected chi connectivity index (χ4v) is 2.72. The van der Waals surface area contributed by atoms with Crippen LogP contribution in [0, 0.1) is 5.92 Å². The van der Waals surface area contributed by atoms with Crippen LogP contribution in [0.15, 0.2) is 18.5 Å². The van der Waals surface area contributed by atoms with Crippen molar-refractivity contribution in [2.75, 3.05) is 0 Å². The van der Waals surface area contributed by atoms with Gasteiger partial charge in [0.05, 0.1) is 24.6 Å². The molecule has 2 aromatic rings. The molecule has 0 aliphatic carbocycles. The van der Waals surface area contributed by atoms with E-state index in [4.69, 9.17) is 0 Å². The number of hydrogen-bond acceptors (Lipinski definition) is 4. The number of nitrogens with zero attached hydrogens (tertiary/aromatic N) is 3. The van der Waals surface area contributed by atoms with E-state index in [2.05, 4.69) is 15.4 Å². The number of carbonyl (C=O) groups is 2. The van der Waals surface area contributed by atoms with Gasteiger partial charge in [-0.25, -0.2) is 9.50 Å². The Hall–Kier alpha value is -2.65. The van der Waals surface area contributed by atoms with Gasteiger partial charge in [0.2, 0.25) is 12.3 Å². The van der Waals surface area contributed by atoms with Gasteiger partial charge >= 0.3 is 6.18 Å². The van der Waals surface area contributed by atoms with E-state index in [1.165, 1.54) is 10.7 Å². The Morgan fingerprint density at radius 1 is 1.46 bits per heavy atom. The Bertz CT molecular complexity index is 773. The molecule has 0 spiro atoms. The summed E-state index contributed by atoms with van der Waals surface area (Å²) in [6, 6.07) is -0.120. The zero-order valence-corrected chi connectivity index (χ0v) is 12.4. The Balaban J connectivity index is 1.73. The predicted molar refractivity (Wildman–Crippen MR) is 75.7 cm³/mol. The quantitative estimate of drug-likeness (QED) is 0.779. The molecule has 1 aliphatic rings. The molecule has 7 nitrogen and oxygen atoms in total. The van der Waals surface area contributed by atoms with Crippen molar-refractivity contribution in [3.63, 3.8) is 0 Å². The Morgan fingerprint density at radius 3 is 2.92 bits per heavy atom. The van der Waals surface area contributed by atoms with Crippen LogP contribution in [0.2, 0.25) is 0 Å². The van der Waals surface area contributed by atoms with Gasteiger partial charge in [0.1, 0.15) is 6.04 Å². The van der Waals surface area contributed by atoms with Gasteiger partial charge in [-0.3, -0.25) is 9.59 Å². The molecule has 1 saturated heterocycles. The number of carbonyl (C=O) groups excluding carboxylic acids is 2. The van der Waals surface area contributed by atoms with Crippen LogP contribution in [0.4, 0.5) is 13.2 Å². The molecule has 2 amide bonds.